The molecule has 0 aliphatic heterocycles. The monoisotopic (exact) mass is 617 g/mol. The van der Waals surface area contributed by atoms with Gasteiger partial charge in [-0.05, 0) is 38.2 Å². The summed E-state index contributed by atoms with van der Waals surface area (Å²) >= 11 is 0. The van der Waals surface area contributed by atoms with Gasteiger partial charge >= 0.3 is 0 Å². The predicted molar refractivity (Wildman–Crippen MR) is 158 cm³/mol. The van der Waals surface area contributed by atoms with Gasteiger partial charge in [-0.25, -0.2) is 0 Å². The molecule has 2 saturated carbocycles. The van der Waals surface area contributed by atoms with Crippen LogP contribution in [0.2, 0.25) is 0 Å². The minimum atomic E-state index is -3.11. The molecular weight excluding hydrogens is 582 g/mol. The number of hydrogen-bond donors (Lipinski definition) is 7. The summed E-state index contributed by atoms with van der Waals surface area (Å²) in [6, 6.07) is 10.9. The topological polar surface area (TPSA) is 269 Å². The van der Waals surface area contributed by atoms with Gasteiger partial charge in [0.05, 0.1) is 40.9 Å². The highest BCUT2D eigenvalue weighted by Gasteiger charge is 2.83. The van der Waals surface area contributed by atoms with Crippen LogP contribution in [-0.4, -0.2) is 88.0 Å². The second-order valence-corrected chi connectivity index (χ2v) is 12.3. The number of phenolic OH excluding ortho intramolecular Hbond substituents is 1. The lowest BCUT2D eigenvalue weighted by Crippen LogP contribution is -2.92. The summed E-state index contributed by atoms with van der Waals surface area (Å²) in [6.07, 6.45) is -1.61. The third-order valence-corrected chi connectivity index (χ3v) is 9.74. The van der Waals surface area contributed by atoms with E-state index >= 15 is 0 Å². The van der Waals surface area contributed by atoms with Crippen molar-refractivity contribution in [2.24, 2.45) is 40.2 Å². The number of amides is 1. The van der Waals surface area contributed by atoms with Gasteiger partial charge in [-0.2, -0.15) is 5.26 Å². The lowest BCUT2D eigenvalue weighted by atomic mass is 9.41. The molecule has 11 N–H and O–H groups in total. The van der Waals surface area contributed by atoms with Gasteiger partial charge < -0.3 is 38.5 Å². The average Bonchev–Trinajstić information content (AvgIpc) is 2.98. The Balaban J connectivity index is 1.61. The van der Waals surface area contributed by atoms with Crippen LogP contribution in [0.4, 0.5) is 0 Å². The first-order valence-corrected chi connectivity index (χ1v) is 14.3. The van der Waals surface area contributed by atoms with Gasteiger partial charge in [0.2, 0.25) is 5.91 Å². The Morgan fingerprint density at radius 2 is 1.71 bits per heavy atom. The fraction of sp³-hybridized carbons (Fsp3) is 0.419. The van der Waals surface area contributed by atoms with Gasteiger partial charge in [0.1, 0.15) is 11.7 Å². The third-order valence-electron chi connectivity index (χ3n) is 9.74. The number of phenols is 1. The van der Waals surface area contributed by atoms with Gasteiger partial charge in [-0.15, -0.1) is 0 Å². The Hall–Kier alpha value is -4.36. The molecule has 2 fully saturated rings. The molecule has 0 spiro atoms. The van der Waals surface area contributed by atoms with Crippen LogP contribution in [-0.2, 0) is 32.1 Å². The van der Waals surface area contributed by atoms with Crippen LogP contribution in [0.1, 0.15) is 33.1 Å². The van der Waals surface area contributed by atoms with Crippen molar-refractivity contribution < 1.29 is 34.2 Å². The number of carbonyl (C=O) groups is 5. The molecule has 1 amide bonds. The molecule has 0 radical (unpaired) electrons. The number of nitrogens with two attached hydrogens (primary N) is 4. The van der Waals surface area contributed by atoms with Gasteiger partial charge in [-0.1, -0.05) is 42.5 Å². The number of primary amides is 1. The zero-order valence-corrected chi connectivity index (χ0v) is 24.7. The number of ketones is 4. The number of nitriles is 1. The van der Waals surface area contributed by atoms with Crippen molar-refractivity contribution in [3.63, 3.8) is 0 Å². The summed E-state index contributed by atoms with van der Waals surface area (Å²) in [5.74, 6) is -11.6. The molecule has 3 aliphatic rings. The molecule has 0 bridgehead atoms. The number of likely N-dealkylation sites (N-methyl/N-ethyl adjacent to an activating group) is 1. The summed E-state index contributed by atoms with van der Waals surface area (Å²) < 4.78 is 0. The number of Topliss-reactive ketones (excluding diaryl/α,β-unsaturated/α-hetero) is 4. The molecule has 8 atom stereocenters. The van der Waals surface area contributed by atoms with Crippen LogP contribution < -0.4 is 28.3 Å². The van der Waals surface area contributed by atoms with E-state index in [0.29, 0.717) is 18.5 Å². The van der Waals surface area contributed by atoms with Crippen LogP contribution in [0.3, 0.4) is 0 Å². The van der Waals surface area contributed by atoms with Crippen LogP contribution >= 0.6 is 0 Å². The second-order valence-electron chi connectivity index (χ2n) is 12.3. The summed E-state index contributed by atoms with van der Waals surface area (Å²) in [6.45, 7) is 0.661. The molecule has 5 rings (SSSR count). The summed E-state index contributed by atoms with van der Waals surface area (Å²) in [4.78, 5) is 69.6. The standard InChI is InChI=1S/C31H35N7O7/c1-38(2)24-22(41)18(27(34)44)25(42)29(13-32)26(43)19-21(40)17-16(23(33)30(19,35)28(45)31(24,29)36)9-8-15(20(17)39)12-37-11-10-14-6-4-3-5-7-14/h3-9,18-19,23-24,28,37,39,45H,10-12,33,35-36H2,1-2H3,(H2,34,44)/t18?,19?,23-,24+,28-,29-,30+,31-/m0/s1. The zero-order chi connectivity index (χ0) is 33.2. The van der Waals surface area contributed by atoms with E-state index in [9.17, 15) is 39.4 Å². The number of aliphatic hydroxyl groups is 1. The Kier molecular flexibility index (Phi) is 7.77. The van der Waals surface area contributed by atoms with Crippen molar-refractivity contribution >= 4 is 29.0 Å². The molecular formula is C31H35N7O7. The lowest BCUT2D eigenvalue weighted by Gasteiger charge is -2.64. The number of aromatic hydroxyl groups is 1. The Morgan fingerprint density at radius 3 is 2.29 bits per heavy atom. The number of nitrogens with one attached hydrogen (secondary N) is 1. The first-order chi connectivity index (χ1) is 21.1. The smallest absolute Gasteiger partial charge is 0.235 e. The Labute approximate surface area is 258 Å². The van der Waals surface area contributed by atoms with Crippen LogP contribution in [0, 0.1) is 28.6 Å². The molecule has 45 heavy (non-hydrogen) atoms. The molecule has 14 heteroatoms. The van der Waals surface area contributed by atoms with Gasteiger partial charge in [0.25, 0.3) is 0 Å². The van der Waals surface area contributed by atoms with E-state index in [1.165, 1.54) is 26.2 Å². The van der Waals surface area contributed by atoms with Crippen molar-refractivity contribution in [3.8, 4) is 11.8 Å². The molecule has 2 unspecified atom stereocenters. The maximum atomic E-state index is 14.5. The van der Waals surface area contributed by atoms with E-state index < -0.39 is 81.3 Å². The van der Waals surface area contributed by atoms with Crippen LogP contribution in [0.5, 0.6) is 5.75 Å². The van der Waals surface area contributed by atoms with Gasteiger partial charge in [-0.3, -0.25) is 28.9 Å². The van der Waals surface area contributed by atoms with Crippen molar-refractivity contribution in [1.29, 1.82) is 5.26 Å². The largest absolute Gasteiger partial charge is 0.507 e. The van der Waals surface area contributed by atoms with E-state index in [4.69, 9.17) is 22.9 Å². The number of benzene rings is 2. The minimum absolute atomic E-state index is 0.00549. The SMILES string of the molecule is CN(C)[C@@H]1C(=O)C(C(N)=O)C(=O)[C@@]2(C#N)C(=O)C3C(=O)c4c(ccc(CNCCc5ccccc5)c4O)[C@H](N)[C@@]3(N)[C@H](O)[C@@]12N. The minimum Gasteiger partial charge on any atom is -0.507 e. The molecule has 14 nitrogen and oxygen atoms in total. The number of rotatable bonds is 7. The fourth-order valence-corrected chi connectivity index (χ4v) is 7.54. The van der Waals surface area contributed by atoms with Gasteiger partial charge in [0.15, 0.2) is 34.5 Å². The van der Waals surface area contributed by atoms with Crippen molar-refractivity contribution in [2.45, 2.75) is 42.2 Å². The van der Waals surface area contributed by atoms with E-state index in [2.05, 4.69) is 5.32 Å². The van der Waals surface area contributed by atoms with Crippen molar-refractivity contribution in [1.82, 2.24) is 10.2 Å². The summed E-state index contributed by atoms with van der Waals surface area (Å²) in [5.41, 5.74) is 18.1. The van der Waals surface area contributed by atoms with Crippen LogP contribution in [0.25, 0.3) is 0 Å². The number of hydrogen-bond acceptors (Lipinski definition) is 13. The Bertz CT molecular complexity index is 1670. The Morgan fingerprint density at radius 1 is 1.07 bits per heavy atom. The van der Waals surface area contributed by atoms with E-state index in [1.807, 2.05) is 30.3 Å². The number of nitrogens with zero attached hydrogens (tertiary/aromatic N) is 2. The fourth-order valence-electron chi connectivity index (χ4n) is 7.54. The quantitative estimate of drug-likeness (QED) is 0.126. The molecule has 0 heterocycles. The summed E-state index contributed by atoms with van der Waals surface area (Å²) in [5, 5.41) is 37.0. The van der Waals surface area contributed by atoms with E-state index in [-0.39, 0.29) is 17.7 Å². The maximum absolute atomic E-state index is 14.5. The maximum Gasteiger partial charge on any atom is 0.235 e. The highest BCUT2D eigenvalue weighted by molar-refractivity contribution is 6.33. The lowest BCUT2D eigenvalue weighted by molar-refractivity contribution is -0.181. The zero-order valence-electron chi connectivity index (χ0n) is 24.7. The highest BCUT2D eigenvalue weighted by Crippen LogP contribution is 2.58. The predicted octanol–water partition coefficient (Wildman–Crippen LogP) is -2.43. The first-order valence-electron chi connectivity index (χ1n) is 14.3. The van der Waals surface area contributed by atoms with E-state index in [1.54, 1.807) is 6.07 Å². The number of fused-ring (bicyclic) bond motifs is 3. The molecule has 0 saturated heterocycles. The second kappa shape index (κ2) is 10.9. The normalized spacial score (nSPS) is 34.1. The molecule has 0 aromatic heterocycles. The third kappa shape index (κ3) is 4.06. The molecule has 2 aromatic rings. The van der Waals surface area contributed by atoms with Crippen molar-refractivity contribution in [2.75, 3.05) is 20.6 Å². The van der Waals surface area contributed by atoms with Gasteiger partial charge in [0, 0.05) is 12.1 Å². The molecule has 3 aliphatic carbocycles. The molecule has 236 valence electrons. The average molecular weight is 618 g/mol. The van der Waals surface area contributed by atoms with E-state index in [0.717, 1.165) is 10.5 Å². The first kappa shape index (κ1) is 32.0. The summed E-state index contributed by atoms with van der Waals surface area (Å²) in [7, 11) is 2.66. The van der Waals surface area contributed by atoms with Crippen molar-refractivity contribution in [3.05, 3.63) is 64.7 Å². The number of carbonyl (C=O) groups excluding carboxylic acids is 5. The molecule has 2 aromatic carbocycles. The van der Waals surface area contributed by atoms with Crippen LogP contribution in [0.15, 0.2) is 42.5 Å². The highest BCUT2D eigenvalue weighted by atomic mass is 16.3. The number of aliphatic hydroxyl groups excluding tert-OH is 1.